The van der Waals surface area contributed by atoms with Crippen molar-refractivity contribution in [1.82, 2.24) is 0 Å². The van der Waals surface area contributed by atoms with E-state index < -0.39 is 0 Å². The van der Waals surface area contributed by atoms with E-state index in [2.05, 4.69) is 25.1 Å². The maximum Gasteiger partial charge on any atom is 0.134 e. The predicted octanol–water partition coefficient (Wildman–Crippen LogP) is 4.09. The summed E-state index contributed by atoms with van der Waals surface area (Å²) >= 11 is 0. The number of ether oxygens (including phenoxy) is 1. The van der Waals surface area contributed by atoms with Crippen molar-refractivity contribution in [2.45, 2.75) is 50.7 Å². The molecule has 1 atom stereocenters. The van der Waals surface area contributed by atoms with Gasteiger partial charge in [-0.2, -0.15) is 0 Å². The van der Waals surface area contributed by atoms with Gasteiger partial charge in [0, 0.05) is 12.5 Å². The van der Waals surface area contributed by atoms with Crippen LogP contribution in [0, 0.1) is 6.92 Å². The largest absolute Gasteiger partial charge is 0.459 e. The summed E-state index contributed by atoms with van der Waals surface area (Å²) in [6, 6.07) is 8.09. The second kappa shape index (κ2) is 5.23. The number of fused-ring (bicyclic) bond motifs is 1. The van der Waals surface area contributed by atoms with Gasteiger partial charge in [0.25, 0.3) is 0 Å². The molecule has 3 nitrogen and oxygen atoms in total. The summed E-state index contributed by atoms with van der Waals surface area (Å²) < 4.78 is 11.8. The quantitative estimate of drug-likeness (QED) is 0.916. The molecule has 20 heavy (non-hydrogen) atoms. The summed E-state index contributed by atoms with van der Waals surface area (Å²) in [5.74, 6) is 0.842. The van der Waals surface area contributed by atoms with Crippen LogP contribution in [0.25, 0.3) is 11.0 Å². The SMILES string of the molecule is COC1(C(N)c2cc3cc(C)ccc3o2)CCCCC1. The lowest BCUT2D eigenvalue weighted by Crippen LogP contribution is -2.44. The molecule has 1 aromatic carbocycles. The second-order valence-corrected chi connectivity index (χ2v) is 6.00. The minimum Gasteiger partial charge on any atom is -0.459 e. The van der Waals surface area contributed by atoms with E-state index in [1.165, 1.54) is 24.8 Å². The lowest BCUT2D eigenvalue weighted by Gasteiger charge is -2.39. The van der Waals surface area contributed by atoms with Gasteiger partial charge in [0.05, 0.1) is 11.6 Å². The molecule has 3 heteroatoms. The molecule has 0 spiro atoms. The molecule has 108 valence electrons. The van der Waals surface area contributed by atoms with Gasteiger partial charge in [-0.15, -0.1) is 0 Å². The minimum absolute atomic E-state index is 0.194. The van der Waals surface area contributed by atoms with Gasteiger partial charge < -0.3 is 14.9 Å². The molecule has 1 fully saturated rings. The number of aryl methyl sites for hydroxylation is 1. The van der Waals surface area contributed by atoms with Crippen LogP contribution < -0.4 is 5.73 Å². The molecule has 1 unspecified atom stereocenters. The van der Waals surface area contributed by atoms with Crippen LogP contribution in [0.15, 0.2) is 28.7 Å². The van der Waals surface area contributed by atoms with E-state index in [0.29, 0.717) is 0 Å². The Morgan fingerprint density at radius 1 is 1.20 bits per heavy atom. The number of rotatable bonds is 3. The highest BCUT2D eigenvalue weighted by atomic mass is 16.5. The van der Waals surface area contributed by atoms with E-state index in [1.807, 2.05) is 6.07 Å². The number of nitrogens with two attached hydrogens (primary N) is 1. The Morgan fingerprint density at radius 2 is 1.95 bits per heavy atom. The topological polar surface area (TPSA) is 48.4 Å². The van der Waals surface area contributed by atoms with Crippen LogP contribution in [0.5, 0.6) is 0 Å². The maximum absolute atomic E-state index is 6.50. The first-order chi connectivity index (χ1) is 9.64. The minimum atomic E-state index is -0.263. The zero-order valence-electron chi connectivity index (χ0n) is 12.3. The van der Waals surface area contributed by atoms with Crippen molar-refractivity contribution >= 4 is 11.0 Å². The number of benzene rings is 1. The van der Waals surface area contributed by atoms with Crippen molar-refractivity contribution in [3.05, 3.63) is 35.6 Å². The van der Waals surface area contributed by atoms with E-state index in [9.17, 15) is 0 Å². The normalized spacial score (nSPS) is 20.1. The van der Waals surface area contributed by atoms with Gasteiger partial charge in [0.1, 0.15) is 11.3 Å². The molecule has 3 rings (SSSR count). The van der Waals surface area contributed by atoms with Crippen molar-refractivity contribution in [3.8, 4) is 0 Å². The molecule has 1 aliphatic carbocycles. The van der Waals surface area contributed by atoms with Gasteiger partial charge in [-0.05, 0) is 38.0 Å². The second-order valence-electron chi connectivity index (χ2n) is 6.00. The lowest BCUT2D eigenvalue weighted by atomic mass is 9.78. The van der Waals surface area contributed by atoms with E-state index in [4.69, 9.17) is 14.9 Å². The number of hydrogen-bond acceptors (Lipinski definition) is 3. The van der Waals surface area contributed by atoms with Crippen LogP contribution in [-0.2, 0) is 4.74 Å². The van der Waals surface area contributed by atoms with Crippen LogP contribution in [0.2, 0.25) is 0 Å². The molecule has 2 aromatic rings. The molecule has 2 N–H and O–H groups in total. The fraction of sp³-hybridized carbons (Fsp3) is 0.529. The van der Waals surface area contributed by atoms with Gasteiger partial charge in [-0.25, -0.2) is 0 Å². The van der Waals surface area contributed by atoms with Crippen LogP contribution in [0.4, 0.5) is 0 Å². The molecular weight excluding hydrogens is 250 g/mol. The molecule has 0 bridgehead atoms. The monoisotopic (exact) mass is 273 g/mol. The Hall–Kier alpha value is -1.32. The molecule has 0 saturated heterocycles. The fourth-order valence-electron chi connectivity index (χ4n) is 3.39. The van der Waals surface area contributed by atoms with Crippen molar-refractivity contribution in [3.63, 3.8) is 0 Å². The van der Waals surface area contributed by atoms with E-state index >= 15 is 0 Å². The van der Waals surface area contributed by atoms with Crippen molar-refractivity contribution in [1.29, 1.82) is 0 Å². The first kappa shape index (κ1) is 13.7. The van der Waals surface area contributed by atoms with Crippen LogP contribution in [-0.4, -0.2) is 12.7 Å². The van der Waals surface area contributed by atoms with Crippen LogP contribution in [0.1, 0.15) is 49.5 Å². The third-order valence-electron chi connectivity index (χ3n) is 4.67. The van der Waals surface area contributed by atoms with Crippen molar-refractivity contribution in [2.24, 2.45) is 5.73 Å². The summed E-state index contributed by atoms with van der Waals surface area (Å²) in [7, 11) is 1.78. The van der Waals surface area contributed by atoms with Crippen molar-refractivity contribution in [2.75, 3.05) is 7.11 Å². The molecule has 0 aliphatic heterocycles. The Balaban J connectivity index is 1.96. The van der Waals surface area contributed by atoms with Crippen molar-refractivity contribution < 1.29 is 9.15 Å². The third-order valence-corrected chi connectivity index (χ3v) is 4.67. The Morgan fingerprint density at radius 3 is 2.65 bits per heavy atom. The predicted molar refractivity (Wildman–Crippen MR) is 80.7 cm³/mol. The average molecular weight is 273 g/mol. The maximum atomic E-state index is 6.50. The van der Waals surface area contributed by atoms with E-state index in [0.717, 1.165) is 29.6 Å². The average Bonchev–Trinajstić information content (AvgIpc) is 2.90. The first-order valence-electron chi connectivity index (χ1n) is 7.45. The summed E-state index contributed by atoms with van der Waals surface area (Å²) in [5.41, 5.74) is 8.38. The Bertz CT molecular complexity index is 596. The van der Waals surface area contributed by atoms with E-state index in [1.54, 1.807) is 7.11 Å². The molecule has 1 aromatic heterocycles. The molecule has 1 heterocycles. The smallest absolute Gasteiger partial charge is 0.134 e. The first-order valence-corrected chi connectivity index (χ1v) is 7.45. The molecule has 0 radical (unpaired) electrons. The number of furan rings is 1. The molecular formula is C17H23NO2. The zero-order valence-corrected chi connectivity index (χ0v) is 12.3. The molecule has 1 aliphatic rings. The summed E-state index contributed by atoms with van der Waals surface area (Å²) in [6.45, 7) is 2.09. The molecule has 1 saturated carbocycles. The van der Waals surface area contributed by atoms with E-state index in [-0.39, 0.29) is 11.6 Å². The third kappa shape index (κ3) is 2.25. The number of methoxy groups -OCH3 is 1. The highest BCUT2D eigenvalue weighted by molar-refractivity contribution is 5.78. The highest BCUT2D eigenvalue weighted by Crippen LogP contribution is 2.41. The Kier molecular flexibility index (Phi) is 3.57. The summed E-state index contributed by atoms with van der Waals surface area (Å²) in [6.07, 6.45) is 5.67. The number of hydrogen-bond donors (Lipinski definition) is 1. The van der Waals surface area contributed by atoms with Crippen LogP contribution >= 0.6 is 0 Å². The fourth-order valence-corrected chi connectivity index (χ4v) is 3.39. The Labute approximate surface area is 120 Å². The molecule has 0 amide bonds. The van der Waals surface area contributed by atoms with Gasteiger partial charge in [0.2, 0.25) is 0 Å². The van der Waals surface area contributed by atoms with Gasteiger partial charge >= 0.3 is 0 Å². The van der Waals surface area contributed by atoms with Crippen LogP contribution in [0.3, 0.4) is 0 Å². The lowest BCUT2D eigenvalue weighted by molar-refractivity contribution is -0.0634. The van der Waals surface area contributed by atoms with Gasteiger partial charge in [0.15, 0.2) is 0 Å². The summed E-state index contributed by atoms with van der Waals surface area (Å²) in [4.78, 5) is 0. The zero-order chi connectivity index (χ0) is 14.2. The van der Waals surface area contributed by atoms with Gasteiger partial charge in [-0.1, -0.05) is 30.9 Å². The van der Waals surface area contributed by atoms with Gasteiger partial charge in [-0.3, -0.25) is 0 Å². The summed E-state index contributed by atoms with van der Waals surface area (Å²) in [5, 5.41) is 1.12. The highest BCUT2D eigenvalue weighted by Gasteiger charge is 2.40. The standard InChI is InChI=1S/C17H23NO2/c1-12-6-7-14-13(10-12)11-15(20-14)16(18)17(19-2)8-4-3-5-9-17/h6-7,10-11,16H,3-5,8-9,18H2,1-2H3.